The highest BCUT2D eigenvalue weighted by Gasteiger charge is 2.25. The van der Waals surface area contributed by atoms with Crippen molar-refractivity contribution in [2.75, 3.05) is 0 Å². The van der Waals surface area contributed by atoms with Gasteiger partial charge in [-0.3, -0.25) is 0 Å². The highest BCUT2D eigenvalue weighted by Crippen LogP contribution is 2.23. The van der Waals surface area contributed by atoms with Crippen LogP contribution in [0.1, 0.15) is 17.0 Å². The zero-order chi connectivity index (χ0) is 18.1. The van der Waals surface area contributed by atoms with Crippen LogP contribution in [-0.2, 0) is 16.4 Å². The summed E-state index contributed by atoms with van der Waals surface area (Å²) >= 11 is 0. The molecule has 0 radical (unpaired) electrons. The zero-order valence-electron chi connectivity index (χ0n) is 14.2. The molecule has 0 saturated heterocycles. The number of hydrogen-bond donors (Lipinski definition) is 0. The van der Waals surface area contributed by atoms with Crippen LogP contribution in [0.2, 0.25) is 0 Å². The first-order valence-corrected chi connectivity index (χ1v) is 9.68. The SMILES string of the molecule is Cc1ccc(S(=O)(=O)n2c(Cc3ccccc3)nc3cccnc32)cc1. The van der Waals surface area contributed by atoms with Crippen molar-refractivity contribution < 1.29 is 8.42 Å². The average molecular weight is 363 g/mol. The third-order valence-corrected chi connectivity index (χ3v) is 5.94. The minimum atomic E-state index is -3.80. The van der Waals surface area contributed by atoms with Crippen molar-refractivity contribution in [3.8, 4) is 0 Å². The lowest BCUT2D eigenvalue weighted by Gasteiger charge is -2.10. The van der Waals surface area contributed by atoms with Crippen molar-refractivity contribution in [2.24, 2.45) is 0 Å². The standard InChI is InChI=1S/C20H17N3O2S/c1-15-9-11-17(12-10-15)26(24,25)23-19(14-16-6-3-2-4-7-16)22-18-8-5-13-21-20(18)23/h2-13H,14H2,1H3. The molecule has 0 aliphatic heterocycles. The van der Waals surface area contributed by atoms with Crippen LogP contribution in [0.4, 0.5) is 0 Å². The van der Waals surface area contributed by atoms with E-state index in [0.29, 0.717) is 23.4 Å². The van der Waals surface area contributed by atoms with Crippen molar-refractivity contribution >= 4 is 21.2 Å². The fraction of sp³-hybridized carbons (Fsp3) is 0.100. The number of nitrogens with zero attached hydrogens (tertiary/aromatic N) is 3. The van der Waals surface area contributed by atoms with Gasteiger partial charge in [0.15, 0.2) is 5.65 Å². The summed E-state index contributed by atoms with van der Waals surface area (Å²) in [6.45, 7) is 1.92. The maximum absolute atomic E-state index is 13.3. The topological polar surface area (TPSA) is 64.8 Å². The van der Waals surface area contributed by atoms with Gasteiger partial charge in [0.05, 0.1) is 4.90 Å². The molecule has 0 amide bonds. The Hall–Kier alpha value is -2.99. The van der Waals surface area contributed by atoms with Crippen molar-refractivity contribution in [3.63, 3.8) is 0 Å². The Balaban J connectivity index is 1.92. The molecule has 26 heavy (non-hydrogen) atoms. The number of hydrogen-bond acceptors (Lipinski definition) is 4. The summed E-state index contributed by atoms with van der Waals surface area (Å²) in [5, 5.41) is 0. The van der Waals surface area contributed by atoms with Gasteiger partial charge in [0, 0.05) is 12.6 Å². The lowest BCUT2D eigenvalue weighted by molar-refractivity contribution is 0.586. The van der Waals surface area contributed by atoms with Gasteiger partial charge in [-0.2, -0.15) is 0 Å². The van der Waals surface area contributed by atoms with E-state index in [4.69, 9.17) is 0 Å². The molecule has 0 spiro atoms. The molecule has 0 aliphatic rings. The van der Waals surface area contributed by atoms with Crippen LogP contribution in [0.15, 0.2) is 77.8 Å². The van der Waals surface area contributed by atoms with Gasteiger partial charge in [0.2, 0.25) is 0 Å². The first-order chi connectivity index (χ1) is 12.6. The normalized spacial score (nSPS) is 11.7. The van der Waals surface area contributed by atoms with Crippen molar-refractivity contribution in [1.29, 1.82) is 0 Å². The highest BCUT2D eigenvalue weighted by molar-refractivity contribution is 7.90. The van der Waals surface area contributed by atoms with Crippen molar-refractivity contribution in [3.05, 3.63) is 89.9 Å². The summed E-state index contributed by atoms with van der Waals surface area (Å²) in [5.41, 5.74) is 2.90. The highest BCUT2D eigenvalue weighted by atomic mass is 32.2. The molecule has 0 saturated carbocycles. The Morgan fingerprint density at radius 3 is 2.38 bits per heavy atom. The fourth-order valence-corrected chi connectivity index (χ4v) is 4.34. The van der Waals surface area contributed by atoms with E-state index in [9.17, 15) is 8.42 Å². The number of rotatable bonds is 4. The minimum Gasteiger partial charge on any atom is -0.236 e. The molecule has 4 rings (SSSR count). The van der Waals surface area contributed by atoms with Crippen molar-refractivity contribution in [2.45, 2.75) is 18.2 Å². The number of benzene rings is 2. The van der Waals surface area contributed by atoms with E-state index in [-0.39, 0.29) is 4.90 Å². The molecular weight excluding hydrogens is 346 g/mol. The van der Waals surface area contributed by atoms with Crippen LogP contribution >= 0.6 is 0 Å². The third kappa shape index (κ3) is 2.88. The van der Waals surface area contributed by atoms with E-state index in [0.717, 1.165) is 11.1 Å². The van der Waals surface area contributed by atoms with E-state index >= 15 is 0 Å². The Morgan fingerprint density at radius 1 is 0.923 bits per heavy atom. The summed E-state index contributed by atoms with van der Waals surface area (Å²) in [7, 11) is -3.80. The molecule has 5 nitrogen and oxygen atoms in total. The molecule has 0 aliphatic carbocycles. The van der Waals surface area contributed by atoms with E-state index in [1.165, 1.54) is 3.97 Å². The van der Waals surface area contributed by atoms with Gasteiger partial charge < -0.3 is 0 Å². The van der Waals surface area contributed by atoms with Gasteiger partial charge in [-0.25, -0.2) is 22.4 Å². The maximum Gasteiger partial charge on any atom is 0.270 e. The lowest BCUT2D eigenvalue weighted by atomic mass is 10.1. The third-order valence-electron chi connectivity index (χ3n) is 4.21. The van der Waals surface area contributed by atoms with Crippen LogP contribution < -0.4 is 0 Å². The molecule has 4 aromatic rings. The minimum absolute atomic E-state index is 0.224. The van der Waals surface area contributed by atoms with Crippen molar-refractivity contribution in [1.82, 2.24) is 13.9 Å². The summed E-state index contributed by atoms with van der Waals surface area (Å²) in [6.07, 6.45) is 1.99. The maximum atomic E-state index is 13.3. The quantitative estimate of drug-likeness (QED) is 0.556. The molecule has 2 heterocycles. The Bertz CT molecular complexity index is 1160. The fourth-order valence-electron chi connectivity index (χ4n) is 2.90. The second-order valence-electron chi connectivity index (χ2n) is 6.12. The second-order valence-corrected chi connectivity index (χ2v) is 7.91. The second kappa shape index (κ2) is 6.38. The van der Waals surface area contributed by atoms with Gasteiger partial charge in [-0.15, -0.1) is 0 Å². The van der Waals surface area contributed by atoms with Crippen LogP contribution in [0.3, 0.4) is 0 Å². The van der Waals surface area contributed by atoms with Gasteiger partial charge in [0.1, 0.15) is 11.3 Å². The number of imidazole rings is 1. The molecule has 0 N–H and O–H groups in total. The first-order valence-electron chi connectivity index (χ1n) is 8.24. The predicted molar refractivity (Wildman–Crippen MR) is 101 cm³/mol. The molecule has 130 valence electrons. The molecule has 0 bridgehead atoms. The van der Waals surface area contributed by atoms with Gasteiger partial charge in [-0.05, 0) is 36.8 Å². The van der Waals surface area contributed by atoms with Gasteiger partial charge in [-0.1, -0.05) is 48.0 Å². The largest absolute Gasteiger partial charge is 0.270 e. The van der Waals surface area contributed by atoms with E-state index < -0.39 is 10.0 Å². The molecular formula is C20H17N3O2S. The number of aryl methyl sites for hydroxylation is 1. The smallest absolute Gasteiger partial charge is 0.236 e. The van der Waals surface area contributed by atoms with Crippen LogP contribution in [-0.4, -0.2) is 22.4 Å². The monoisotopic (exact) mass is 363 g/mol. The van der Waals surface area contributed by atoms with Crippen LogP contribution in [0.5, 0.6) is 0 Å². The zero-order valence-corrected chi connectivity index (χ0v) is 15.0. The van der Waals surface area contributed by atoms with E-state index in [1.807, 2.05) is 37.3 Å². The predicted octanol–water partition coefficient (Wildman–Crippen LogP) is 3.57. The average Bonchev–Trinajstić information content (AvgIpc) is 3.01. The molecule has 6 heteroatoms. The Morgan fingerprint density at radius 2 is 1.65 bits per heavy atom. The number of fused-ring (bicyclic) bond motifs is 1. The van der Waals surface area contributed by atoms with Crippen LogP contribution in [0.25, 0.3) is 11.2 Å². The molecule has 0 unspecified atom stereocenters. The Labute approximate surface area is 152 Å². The van der Waals surface area contributed by atoms with E-state index in [1.54, 1.807) is 42.6 Å². The van der Waals surface area contributed by atoms with E-state index in [2.05, 4.69) is 9.97 Å². The number of aromatic nitrogens is 3. The molecule has 2 aromatic carbocycles. The van der Waals surface area contributed by atoms with Gasteiger partial charge >= 0.3 is 0 Å². The summed E-state index contributed by atoms with van der Waals surface area (Å²) in [5.74, 6) is 0.450. The van der Waals surface area contributed by atoms with Crippen LogP contribution in [0, 0.1) is 6.92 Å². The number of pyridine rings is 1. The first kappa shape index (κ1) is 16.5. The lowest BCUT2D eigenvalue weighted by Crippen LogP contribution is -2.17. The summed E-state index contributed by atoms with van der Waals surface area (Å²) in [4.78, 5) is 9.04. The molecule has 0 fully saturated rings. The molecule has 0 atom stereocenters. The summed E-state index contributed by atoms with van der Waals surface area (Å²) < 4.78 is 27.9. The Kier molecular flexibility index (Phi) is 4.05. The summed E-state index contributed by atoms with van der Waals surface area (Å²) in [6, 6.07) is 20.0. The molecule has 2 aromatic heterocycles. The van der Waals surface area contributed by atoms with Gasteiger partial charge in [0.25, 0.3) is 10.0 Å².